The highest BCUT2D eigenvalue weighted by Gasteiger charge is 2.55. The number of hydrazone groups is 1. The number of ether oxygens (including phenoxy) is 1. The second-order valence-corrected chi connectivity index (χ2v) is 7.63. The van der Waals surface area contributed by atoms with Crippen LogP contribution < -0.4 is 0 Å². The Morgan fingerprint density at radius 1 is 1.26 bits per heavy atom. The topological polar surface area (TPSA) is 80.8 Å². The first-order chi connectivity index (χ1) is 12.8. The predicted molar refractivity (Wildman–Crippen MR) is 102 cm³/mol. The third kappa shape index (κ3) is 3.24. The first-order valence-electron chi connectivity index (χ1n) is 9.42. The lowest BCUT2D eigenvalue weighted by Crippen LogP contribution is -2.64. The van der Waals surface area contributed by atoms with Crippen LogP contribution in [-0.2, 0) is 9.53 Å². The van der Waals surface area contributed by atoms with E-state index in [0.29, 0.717) is 37.4 Å². The van der Waals surface area contributed by atoms with Gasteiger partial charge in [-0.25, -0.2) is 9.37 Å². The minimum Gasteiger partial charge on any atom is -0.381 e. The summed E-state index contributed by atoms with van der Waals surface area (Å²) in [6.45, 7) is 9.54. The van der Waals surface area contributed by atoms with Gasteiger partial charge in [0.15, 0.2) is 0 Å². The molecule has 0 aliphatic carbocycles. The zero-order valence-corrected chi connectivity index (χ0v) is 17.0. The van der Waals surface area contributed by atoms with Crippen molar-refractivity contribution in [2.75, 3.05) is 33.9 Å². The van der Waals surface area contributed by atoms with Crippen molar-refractivity contribution in [3.63, 3.8) is 0 Å². The van der Waals surface area contributed by atoms with Crippen LogP contribution in [0.25, 0.3) is 0 Å². The van der Waals surface area contributed by atoms with E-state index in [9.17, 15) is 9.59 Å². The van der Waals surface area contributed by atoms with Crippen LogP contribution >= 0.6 is 0 Å². The maximum atomic E-state index is 13.3. The number of amidine groups is 1. The van der Waals surface area contributed by atoms with E-state index in [2.05, 4.69) is 23.9 Å². The maximum Gasteiger partial charge on any atom is 0.417 e. The Hall–Kier alpha value is -2.29. The molecule has 2 atom stereocenters. The Morgan fingerprint density at radius 2 is 1.96 bits per heavy atom. The molecule has 0 aromatic heterocycles. The van der Waals surface area contributed by atoms with E-state index in [4.69, 9.17) is 4.74 Å². The molecule has 3 aliphatic heterocycles. The summed E-state index contributed by atoms with van der Waals surface area (Å²) >= 11 is 0. The van der Waals surface area contributed by atoms with Gasteiger partial charge in [0.25, 0.3) is 5.91 Å². The molecule has 9 nitrogen and oxygen atoms in total. The summed E-state index contributed by atoms with van der Waals surface area (Å²) in [5, 5.41) is 6.36. The number of carbonyl (C=O) groups excluding carboxylic acids is 2. The fourth-order valence-electron chi connectivity index (χ4n) is 3.50. The second kappa shape index (κ2) is 7.38. The molecule has 0 spiro atoms. The van der Waals surface area contributed by atoms with E-state index >= 15 is 0 Å². The summed E-state index contributed by atoms with van der Waals surface area (Å²) in [6, 6.07) is -0.993. The van der Waals surface area contributed by atoms with Crippen LogP contribution in [0, 0.1) is 5.92 Å². The lowest BCUT2D eigenvalue weighted by molar-refractivity contribution is -0.559. The number of rotatable bonds is 6. The van der Waals surface area contributed by atoms with Gasteiger partial charge in [0.2, 0.25) is 11.9 Å². The lowest BCUT2D eigenvalue weighted by atomic mass is 10.1. The zero-order chi connectivity index (χ0) is 19.9. The molecule has 1 saturated heterocycles. The van der Waals surface area contributed by atoms with Crippen molar-refractivity contribution in [3.8, 4) is 0 Å². The quantitative estimate of drug-likeness (QED) is 0.642. The van der Waals surface area contributed by atoms with Crippen LogP contribution in [0.3, 0.4) is 0 Å². The minimum atomic E-state index is -0.597. The molecule has 0 saturated carbocycles. The Labute approximate surface area is 160 Å². The molecular weight excluding hydrogens is 348 g/mol. The smallest absolute Gasteiger partial charge is 0.381 e. The van der Waals surface area contributed by atoms with Crippen LogP contribution in [0.15, 0.2) is 10.1 Å². The molecule has 2 unspecified atom stereocenters. The number of aliphatic imine (C=N–C) groups is 1. The standard InChI is InChI=1S/C18H29N6O3/c1-11(2)7-8-22-16(25)14-15(21(5)18(22)26)19-17-23(9-10-27-6)20-12(3)13(4)24(14)17/h11,13-14H,7-10H2,1-6H3/q+1. The second-order valence-electron chi connectivity index (χ2n) is 7.63. The van der Waals surface area contributed by atoms with E-state index in [1.807, 2.05) is 18.4 Å². The highest BCUT2D eigenvalue weighted by atomic mass is 16.5. The summed E-state index contributed by atoms with van der Waals surface area (Å²) < 4.78 is 7.15. The van der Waals surface area contributed by atoms with Gasteiger partial charge in [-0.15, -0.1) is 10.1 Å². The van der Waals surface area contributed by atoms with Crippen molar-refractivity contribution in [1.29, 1.82) is 0 Å². The third-order valence-electron chi connectivity index (χ3n) is 5.30. The van der Waals surface area contributed by atoms with Gasteiger partial charge in [-0.1, -0.05) is 18.8 Å². The van der Waals surface area contributed by atoms with Gasteiger partial charge in [-0.2, -0.15) is 0 Å². The number of nitrogens with zero attached hydrogens (tertiary/aromatic N) is 6. The average Bonchev–Trinajstić information content (AvgIpc) is 3.02. The summed E-state index contributed by atoms with van der Waals surface area (Å²) in [5.74, 6) is 1.27. The minimum absolute atomic E-state index is 0.0810. The van der Waals surface area contributed by atoms with Gasteiger partial charge in [0.1, 0.15) is 12.6 Å². The summed E-state index contributed by atoms with van der Waals surface area (Å²) in [7, 11) is 3.31. The van der Waals surface area contributed by atoms with E-state index < -0.39 is 6.04 Å². The molecule has 27 heavy (non-hydrogen) atoms. The Kier molecular flexibility index (Phi) is 5.32. The van der Waals surface area contributed by atoms with E-state index in [1.54, 1.807) is 19.2 Å². The molecule has 0 aromatic rings. The van der Waals surface area contributed by atoms with Gasteiger partial charge >= 0.3 is 12.0 Å². The van der Waals surface area contributed by atoms with Crippen molar-refractivity contribution < 1.29 is 18.9 Å². The van der Waals surface area contributed by atoms with Gasteiger partial charge in [0.05, 0.1) is 12.3 Å². The zero-order valence-electron chi connectivity index (χ0n) is 17.0. The van der Waals surface area contributed by atoms with Crippen molar-refractivity contribution in [3.05, 3.63) is 0 Å². The fraction of sp³-hybridized carbons (Fsp3) is 0.722. The first kappa shape index (κ1) is 19.5. The van der Waals surface area contributed by atoms with Crippen molar-refractivity contribution in [2.45, 2.75) is 46.2 Å². The number of guanidine groups is 1. The fourth-order valence-corrected chi connectivity index (χ4v) is 3.50. The maximum absolute atomic E-state index is 13.3. The molecular formula is C18H29N6O3+. The third-order valence-corrected chi connectivity index (χ3v) is 5.30. The van der Waals surface area contributed by atoms with Gasteiger partial charge < -0.3 is 4.74 Å². The average molecular weight is 377 g/mol. The van der Waals surface area contributed by atoms with E-state index in [1.165, 1.54) is 9.80 Å². The number of hydrogen-bond donors (Lipinski definition) is 0. The van der Waals surface area contributed by atoms with Crippen molar-refractivity contribution >= 4 is 29.4 Å². The van der Waals surface area contributed by atoms with Crippen LogP contribution in [0.1, 0.15) is 34.1 Å². The number of methoxy groups -OCH3 is 1. The molecule has 3 amide bonds. The summed E-state index contributed by atoms with van der Waals surface area (Å²) in [5.41, 5.74) is 0.896. The predicted octanol–water partition coefficient (Wildman–Crippen LogP) is 0.802. The van der Waals surface area contributed by atoms with Crippen LogP contribution in [-0.4, -0.2) is 94.8 Å². The largest absolute Gasteiger partial charge is 0.417 e. The number of likely N-dealkylation sites (N-methyl/N-ethyl adjacent to an activating group) is 1. The van der Waals surface area contributed by atoms with E-state index in [-0.39, 0.29) is 18.0 Å². The van der Waals surface area contributed by atoms with E-state index in [0.717, 1.165) is 12.1 Å². The molecule has 3 rings (SSSR count). The van der Waals surface area contributed by atoms with Gasteiger partial charge in [-0.3, -0.25) is 14.6 Å². The highest BCUT2D eigenvalue weighted by Crippen LogP contribution is 2.25. The lowest BCUT2D eigenvalue weighted by Gasteiger charge is -2.36. The normalized spacial score (nSPS) is 25.2. The molecule has 1 fully saturated rings. The SMILES string of the molecule is COCCN1N=C(C)C(C)[N+]2=C1N=C1C2C(=O)N(CCC(C)C)C(=O)N1C. The number of carbonyl (C=O) groups is 2. The van der Waals surface area contributed by atoms with Gasteiger partial charge in [0, 0.05) is 20.7 Å². The molecule has 0 bridgehead atoms. The van der Waals surface area contributed by atoms with Crippen molar-refractivity contribution in [2.24, 2.45) is 16.0 Å². The molecule has 0 radical (unpaired) electrons. The monoisotopic (exact) mass is 377 g/mol. The first-order valence-corrected chi connectivity index (χ1v) is 9.42. The van der Waals surface area contributed by atoms with Crippen LogP contribution in [0.4, 0.5) is 4.79 Å². The molecule has 3 heterocycles. The summed E-state index contributed by atoms with van der Waals surface area (Å²) in [4.78, 5) is 33.5. The molecule has 0 aromatic carbocycles. The van der Waals surface area contributed by atoms with Crippen LogP contribution in [0.5, 0.6) is 0 Å². The molecule has 9 heteroatoms. The highest BCUT2D eigenvalue weighted by molar-refractivity contribution is 6.23. The summed E-state index contributed by atoms with van der Waals surface area (Å²) in [6.07, 6.45) is 0.775. The number of urea groups is 1. The Balaban J connectivity index is 1.97. The number of amides is 3. The van der Waals surface area contributed by atoms with Gasteiger partial charge in [-0.05, 0) is 26.2 Å². The molecule has 3 aliphatic rings. The van der Waals surface area contributed by atoms with Crippen molar-refractivity contribution in [1.82, 2.24) is 14.8 Å². The Morgan fingerprint density at radius 3 is 2.59 bits per heavy atom. The molecule has 148 valence electrons. The number of hydrogen-bond acceptors (Lipinski definition) is 6. The number of imide groups is 1. The van der Waals surface area contributed by atoms with Crippen LogP contribution in [0.2, 0.25) is 0 Å². The molecule has 0 N–H and O–H groups in total. The number of fused-ring (bicyclic) bond motifs is 2. The Bertz CT molecular complexity index is 741.